The molecule has 2 nitrogen and oxygen atoms in total. The Labute approximate surface area is 78.0 Å². The number of aryl methyl sites for hydroxylation is 1. The molecule has 0 amide bonds. The fourth-order valence-corrected chi connectivity index (χ4v) is 1.10. The zero-order valence-electron chi connectivity index (χ0n) is 7.20. The smallest absolute Gasteiger partial charge is 0.115 e. The Morgan fingerprint density at radius 1 is 1.42 bits per heavy atom. The van der Waals surface area contributed by atoms with Crippen LogP contribution in [0.15, 0.2) is 18.7 Å². The fourth-order valence-electron chi connectivity index (χ4n) is 0.986. The highest BCUT2D eigenvalue weighted by atomic mass is 35.5. The van der Waals surface area contributed by atoms with E-state index in [4.69, 9.17) is 11.6 Å². The molecule has 1 atom stereocenters. The van der Waals surface area contributed by atoms with Crippen molar-refractivity contribution in [1.29, 1.82) is 0 Å². The van der Waals surface area contributed by atoms with Gasteiger partial charge in [-0.05, 0) is 24.8 Å². The first kappa shape index (κ1) is 9.46. The number of aromatic nitrogens is 2. The van der Waals surface area contributed by atoms with Crippen LogP contribution in [0.4, 0.5) is 0 Å². The second kappa shape index (κ2) is 5.09. The molecule has 12 heavy (non-hydrogen) atoms. The highest BCUT2D eigenvalue weighted by Gasteiger charge is 2.01. The van der Waals surface area contributed by atoms with Crippen molar-refractivity contribution < 1.29 is 0 Å². The molecule has 1 heterocycles. The molecule has 1 aromatic rings. The van der Waals surface area contributed by atoms with Gasteiger partial charge in [0.05, 0.1) is 0 Å². The van der Waals surface area contributed by atoms with Gasteiger partial charge in [0.1, 0.15) is 6.33 Å². The maximum Gasteiger partial charge on any atom is 0.115 e. The van der Waals surface area contributed by atoms with Crippen LogP contribution in [0.1, 0.15) is 25.3 Å². The highest BCUT2D eigenvalue weighted by Crippen LogP contribution is 2.10. The monoisotopic (exact) mass is 184 g/mol. The van der Waals surface area contributed by atoms with E-state index in [1.54, 1.807) is 6.33 Å². The summed E-state index contributed by atoms with van der Waals surface area (Å²) < 4.78 is 0. The van der Waals surface area contributed by atoms with Gasteiger partial charge in [0.15, 0.2) is 0 Å². The molecule has 1 unspecified atom stereocenters. The largest absolute Gasteiger partial charge is 0.245 e. The number of hydrogen-bond donors (Lipinski definition) is 0. The van der Waals surface area contributed by atoms with Gasteiger partial charge in [0.25, 0.3) is 0 Å². The zero-order chi connectivity index (χ0) is 8.81. The minimum atomic E-state index is 0.283. The van der Waals surface area contributed by atoms with Gasteiger partial charge in [-0.2, -0.15) is 0 Å². The molecule has 0 bridgehead atoms. The molecule has 0 aromatic carbocycles. The van der Waals surface area contributed by atoms with Gasteiger partial charge >= 0.3 is 0 Å². The average Bonchev–Trinajstić information content (AvgIpc) is 2.16. The molecule has 0 aliphatic carbocycles. The molecule has 0 radical (unpaired) electrons. The van der Waals surface area contributed by atoms with Crippen molar-refractivity contribution in [3.63, 3.8) is 0 Å². The quantitative estimate of drug-likeness (QED) is 0.672. The van der Waals surface area contributed by atoms with Gasteiger partial charge in [0, 0.05) is 17.8 Å². The molecular formula is C9H13ClN2. The molecule has 66 valence electrons. The van der Waals surface area contributed by atoms with Crippen LogP contribution in [0.3, 0.4) is 0 Å². The standard InChI is InChI=1S/C9H13ClN2/c1-2-9(10)4-3-8-5-11-7-12-6-8/h5-7,9H,2-4H2,1H3. The number of nitrogens with zero attached hydrogens (tertiary/aromatic N) is 2. The first-order chi connectivity index (χ1) is 5.83. The van der Waals surface area contributed by atoms with Gasteiger partial charge in [-0.3, -0.25) is 0 Å². The molecular weight excluding hydrogens is 172 g/mol. The Hall–Kier alpha value is -0.630. The maximum absolute atomic E-state index is 5.97. The van der Waals surface area contributed by atoms with Crippen molar-refractivity contribution in [2.24, 2.45) is 0 Å². The van der Waals surface area contributed by atoms with Crippen molar-refractivity contribution in [3.05, 3.63) is 24.3 Å². The van der Waals surface area contributed by atoms with E-state index in [-0.39, 0.29) is 5.38 Å². The molecule has 0 spiro atoms. The maximum atomic E-state index is 5.97. The van der Waals surface area contributed by atoms with Crippen molar-refractivity contribution in [2.75, 3.05) is 0 Å². The number of hydrogen-bond acceptors (Lipinski definition) is 2. The lowest BCUT2D eigenvalue weighted by Gasteiger charge is -2.04. The van der Waals surface area contributed by atoms with Crippen LogP contribution in [-0.4, -0.2) is 15.3 Å². The Morgan fingerprint density at radius 3 is 2.67 bits per heavy atom. The molecule has 0 aliphatic heterocycles. The number of alkyl halides is 1. The van der Waals surface area contributed by atoms with Crippen molar-refractivity contribution in [2.45, 2.75) is 31.6 Å². The summed E-state index contributed by atoms with van der Waals surface area (Å²) in [4.78, 5) is 7.87. The van der Waals surface area contributed by atoms with Gasteiger partial charge < -0.3 is 0 Å². The third-order valence-corrected chi connectivity index (χ3v) is 2.33. The van der Waals surface area contributed by atoms with Crippen molar-refractivity contribution >= 4 is 11.6 Å². The van der Waals surface area contributed by atoms with Crippen LogP contribution in [0.2, 0.25) is 0 Å². The van der Waals surface area contributed by atoms with Crippen LogP contribution < -0.4 is 0 Å². The Kier molecular flexibility index (Phi) is 4.01. The van der Waals surface area contributed by atoms with Crippen LogP contribution in [0, 0.1) is 0 Å². The first-order valence-electron chi connectivity index (χ1n) is 4.21. The zero-order valence-corrected chi connectivity index (χ0v) is 7.96. The predicted molar refractivity (Wildman–Crippen MR) is 50.3 cm³/mol. The van der Waals surface area contributed by atoms with E-state index in [0.717, 1.165) is 24.8 Å². The van der Waals surface area contributed by atoms with E-state index in [1.165, 1.54) is 0 Å². The summed E-state index contributed by atoms with van der Waals surface area (Å²) >= 11 is 5.97. The van der Waals surface area contributed by atoms with E-state index < -0.39 is 0 Å². The molecule has 0 saturated carbocycles. The molecule has 1 rings (SSSR count). The number of rotatable bonds is 4. The Morgan fingerprint density at radius 2 is 2.08 bits per heavy atom. The average molecular weight is 185 g/mol. The first-order valence-corrected chi connectivity index (χ1v) is 4.64. The van der Waals surface area contributed by atoms with Crippen molar-refractivity contribution in [1.82, 2.24) is 9.97 Å². The third-order valence-electron chi connectivity index (χ3n) is 1.80. The van der Waals surface area contributed by atoms with Gasteiger partial charge in [-0.1, -0.05) is 6.92 Å². The highest BCUT2D eigenvalue weighted by molar-refractivity contribution is 6.20. The molecule has 0 N–H and O–H groups in total. The SMILES string of the molecule is CCC(Cl)CCc1cncnc1. The molecule has 0 saturated heterocycles. The lowest BCUT2D eigenvalue weighted by molar-refractivity contribution is 0.723. The van der Waals surface area contributed by atoms with Crippen LogP contribution in [-0.2, 0) is 6.42 Å². The van der Waals surface area contributed by atoms with Gasteiger partial charge in [-0.25, -0.2) is 9.97 Å². The van der Waals surface area contributed by atoms with Crippen LogP contribution >= 0.6 is 11.6 Å². The topological polar surface area (TPSA) is 25.8 Å². The van der Waals surface area contributed by atoms with E-state index in [9.17, 15) is 0 Å². The molecule has 0 fully saturated rings. The predicted octanol–water partition coefficient (Wildman–Crippen LogP) is 2.43. The summed E-state index contributed by atoms with van der Waals surface area (Å²) in [5.41, 5.74) is 1.16. The summed E-state index contributed by atoms with van der Waals surface area (Å²) in [6, 6.07) is 0. The summed E-state index contributed by atoms with van der Waals surface area (Å²) in [5, 5.41) is 0.283. The van der Waals surface area contributed by atoms with E-state index in [1.807, 2.05) is 12.4 Å². The summed E-state index contributed by atoms with van der Waals surface area (Å²) in [6.45, 7) is 2.10. The van der Waals surface area contributed by atoms with Crippen LogP contribution in [0.25, 0.3) is 0 Å². The number of halogens is 1. The molecule has 3 heteroatoms. The van der Waals surface area contributed by atoms with Gasteiger partial charge in [-0.15, -0.1) is 11.6 Å². The van der Waals surface area contributed by atoms with Crippen molar-refractivity contribution in [3.8, 4) is 0 Å². The minimum Gasteiger partial charge on any atom is -0.245 e. The summed E-state index contributed by atoms with van der Waals surface area (Å²) in [5.74, 6) is 0. The lowest BCUT2D eigenvalue weighted by Crippen LogP contribution is -1.99. The minimum absolute atomic E-state index is 0.283. The summed E-state index contributed by atoms with van der Waals surface area (Å²) in [6.07, 6.45) is 8.23. The van der Waals surface area contributed by atoms with E-state index >= 15 is 0 Å². The van der Waals surface area contributed by atoms with E-state index in [2.05, 4.69) is 16.9 Å². The Balaban J connectivity index is 2.33. The van der Waals surface area contributed by atoms with E-state index in [0.29, 0.717) is 0 Å². The second-order valence-corrected chi connectivity index (χ2v) is 3.41. The molecule has 0 aliphatic rings. The fraction of sp³-hybridized carbons (Fsp3) is 0.556. The lowest BCUT2D eigenvalue weighted by atomic mass is 10.1. The van der Waals surface area contributed by atoms with Gasteiger partial charge in [0.2, 0.25) is 0 Å². The van der Waals surface area contributed by atoms with Crippen LogP contribution in [0.5, 0.6) is 0 Å². The summed E-state index contributed by atoms with van der Waals surface area (Å²) in [7, 11) is 0. The normalized spacial score (nSPS) is 12.8. The molecule has 1 aromatic heterocycles. The Bertz CT molecular complexity index is 213. The second-order valence-electron chi connectivity index (χ2n) is 2.79. The third kappa shape index (κ3) is 3.18.